The number of rotatable bonds is 3. The first-order chi connectivity index (χ1) is 9.98. The lowest BCUT2D eigenvalue weighted by Gasteiger charge is -2.09. The molecule has 6 heteroatoms. The quantitative estimate of drug-likeness (QED) is 0.942. The maximum absolute atomic E-state index is 12.1. The fraction of sp³-hybridized carbons (Fsp3) is 0.333. The van der Waals surface area contributed by atoms with Gasteiger partial charge >= 0.3 is 0 Å². The first-order valence-electron chi connectivity index (χ1n) is 6.92. The van der Waals surface area contributed by atoms with Crippen LogP contribution in [0, 0.1) is 0 Å². The summed E-state index contributed by atoms with van der Waals surface area (Å²) >= 11 is 0. The molecule has 1 N–H and O–H groups in total. The second-order valence-corrected chi connectivity index (χ2v) is 7.85. The van der Waals surface area contributed by atoms with Crippen LogP contribution in [0.5, 0.6) is 0 Å². The lowest BCUT2D eigenvalue weighted by molar-refractivity contribution is 0.587. The van der Waals surface area contributed by atoms with E-state index < -0.39 is 15.1 Å². The van der Waals surface area contributed by atoms with E-state index in [4.69, 9.17) is 0 Å². The minimum absolute atomic E-state index is 0.344. The van der Waals surface area contributed by atoms with Gasteiger partial charge in [0.1, 0.15) is 5.82 Å². The van der Waals surface area contributed by atoms with Crippen molar-refractivity contribution in [2.75, 3.05) is 11.9 Å². The molecule has 0 fully saturated rings. The smallest absolute Gasteiger partial charge is 0.180 e. The highest BCUT2D eigenvalue weighted by Crippen LogP contribution is 2.24. The van der Waals surface area contributed by atoms with Crippen molar-refractivity contribution in [2.45, 2.75) is 30.4 Å². The molecule has 21 heavy (non-hydrogen) atoms. The molecule has 0 unspecified atom stereocenters. The van der Waals surface area contributed by atoms with Crippen LogP contribution in [0.2, 0.25) is 0 Å². The van der Waals surface area contributed by atoms with Crippen molar-refractivity contribution in [3.63, 3.8) is 0 Å². The maximum Gasteiger partial charge on any atom is 0.180 e. The van der Waals surface area contributed by atoms with Crippen molar-refractivity contribution in [1.29, 1.82) is 0 Å². The first kappa shape index (κ1) is 14.0. The van der Waals surface area contributed by atoms with E-state index in [-0.39, 0.29) is 0 Å². The molecule has 0 saturated heterocycles. The van der Waals surface area contributed by atoms with Crippen molar-refractivity contribution < 1.29 is 8.42 Å². The van der Waals surface area contributed by atoms with E-state index in [0.29, 0.717) is 4.90 Å². The molecule has 3 rings (SSSR count). The Balaban J connectivity index is 1.95. The largest absolute Gasteiger partial charge is 0.368 e. The summed E-state index contributed by atoms with van der Waals surface area (Å²) < 4.78 is 24.2. The van der Waals surface area contributed by atoms with Gasteiger partial charge in [-0.1, -0.05) is 12.1 Å². The van der Waals surface area contributed by atoms with Gasteiger partial charge in [0.05, 0.1) is 27.7 Å². The van der Waals surface area contributed by atoms with Crippen LogP contribution in [0.1, 0.15) is 19.5 Å². The Morgan fingerprint density at radius 3 is 2.57 bits per heavy atom. The molecule has 1 aromatic carbocycles. The summed E-state index contributed by atoms with van der Waals surface area (Å²) in [4.78, 5) is 9.26. The van der Waals surface area contributed by atoms with Gasteiger partial charge in [0.2, 0.25) is 0 Å². The van der Waals surface area contributed by atoms with Crippen molar-refractivity contribution in [1.82, 2.24) is 9.97 Å². The molecule has 0 saturated carbocycles. The van der Waals surface area contributed by atoms with Gasteiger partial charge in [0.25, 0.3) is 0 Å². The van der Waals surface area contributed by atoms with E-state index in [0.717, 1.165) is 35.7 Å². The number of anilines is 1. The third-order valence-electron chi connectivity index (χ3n) is 3.60. The zero-order chi connectivity index (χ0) is 15.0. The summed E-state index contributed by atoms with van der Waals surface area (Å²) in [6.45, 7) is 4.23. The average Bonchev–Trinajstić information content (AvgIpc) is 2.94. The Morgan fingerprint density at radius 2 is 1.90 bits per heavy atom. The molecule has 5 nitrogen and oxygen atoms in total. The molecule has 0 radical (unpaired) electrons. The highest BCUT2D eigenvalue weighted by Gasteiger charge is 2.19. The van der Waals surface area contributed by atoms with Gasteiger partial charge in [-0.2, -0.15) is 0 Å². The molecule has 1 aliphatic rings. The highest BCUT2D eigenvalue weighted by molar-refractivity contribution is 7.92. The van der Waals surface area contributed by atoms with Crippen molar-refractivity contribution in [3.8, 4) is 11.3 Å². The predicted molar refractivity (Wildman–Crippen MR) is 82.0 cm³/mol. The molecule has 0 spiro atoms. The van der Waals surface area contributed by atoms with Gasteiger partial charge in [-0.25, -0.2) is 18.4 Å². The van der Waals surface area contributed by atoms with Crippen molar-refractivity contribution in [2.24, 2.45) is 0 Å². The summed E-state index contributed by atoms with van der Waals surface area (Å²) in [5.74, 6) is 0.845. The molecule has 0 amide bonds. The Hall–Kier alpha value is -1.95. The number of sulfone groups is 1. The van der Waals surface area contributed by atoms with Gasteiger partial charge in [-0.05, 0) is 26.0 Å². The van der Waals surface area contributed by atoms with Crippen LogP contribution < -0.4 is 5.32 Å². The van der Waals surface area contributed by atoms with E-state index in [9.17, 15) is 8.42 Å². The van der Waals surface area contributed by atoms with Gasteiger partial charge in [-0.15, -0.1) is 0 Å². The monoisotopic (exact) mass is 303 g/mol. The summed E-state index contributed by atoms with van der Waals surface area (Å²) in [7, 11) is -3.23. The summed E-state index contributed by atoms with van der Waals surface area (Å²) in [6, 6.07) is 6.84. The van der Waals surface area contributed by atoms with Crippen LogP contribution in [0.3, 0.4) is 0 Å². The summed E-state index contributed by atoms with van der Waals surface area (Å²) in [6.07, 6.45) is 2.58. The number of nitrogens with one attached hydrogen (secondary N) is 1. The van der Waals surface area contributed by atoms with E-state index in [1.54, 1.807) is 44.3 Å². The number of hydrogen-bond acceptors (Lipinski definition) is 5. The fourth-order valence-electron chi connectivity index (χ4n) is 2.28. The molecule has 0 bridgehead atoms. The zero-order valence-electron chi connectivity index (χ0n) is 12.0. The van der Waals surface area contributed by atoms with Crippen LogP contribution in [-0.2, 0) is 16.3 Å². The normalized spacial score (nSPS) is 14.0. The van der Waals surface area contributed by atoms with Crippen LogP contribution in [0.15, 0.2) is 35.4 Å². The number of aromatic nitrogens is 2. The molecular weight excluding hydrogens is 286 g/mol. The minimum atomic E-state index is -3.23. The van der Waals surface area contributed by atoms with Crippen LogP contribution in [-0.4, -0.2) is 30.2 Å². The minimum Gasteiger partial charge on any atom is -0.368 e. The third-order valence-corrected chi connectivity index (χ3v) is 5.77. The predicted octanol–water partition coefficient (Wildman–Crippen LogP) is 2.29. The number of benzene rings is 1. The van der Waals surface area contributed by atoms with Gasteiger partial charge < -0.3 is 5.32 Å². The number of nitrogens with zero attached hydrogens (tertiary/aromatic N) is 2. The van der Waals surface area contributed by atoms with Crippen LogP contribution in [0.4, 0.5) is 5.82 Å². The van der Waals surface area contributed by atoms with Gasteiger partial charge in [0.15, 0.2) is 9.84 Å². The number of hydrogen-bond donors (Lipinski definition) is 1. The third kappa shape index (κ3) is 2.51. The molecular formula is C15H17N3O2S. The van der Waals surface area contributed by atoms with E-state index in [1.807, 2.05) is 0 Å². The summed E-state index contributed by atoms with van der Waals surface area (Å²) in [5.41, 5.74) is 2.61. The fourth-order valence-corrected chi connectivity index (χ4v) is 3.34. The first-order valence-corrected chi connectivity index (χ1v) is 8.47. The summed E-state index contributed by atoms with van der Waals surface area (Å²) in [5, 5.41) is 2.75. The molecule has 0 aliphatic carbocycles. The Labute approximate surface area is 124 Å². The second-order valence-electron chi connectivity index (χ2n) is 5.35. The standard InChI is InChI=1S/C15H17N3O2S/c1-10(2)21(19,20)12-5-3-11(4-6-12)14-9-17-15-13(18-14)7-8-16-15/h3-6,9-10H,7-8H2,1-2H3,(H,16,17). The molecule has 1 aromatic heterocycles. The van der Waals surface area contributed by atoms with E-state index in [1.165, 1.54) is 0 Å². The maximum atomic E-state index is 12.1. The highest BCUT2D eigenvalue weighted by atomic mass is 32.2. The lowest BCUT2D eigenvalue weighted by atomic mass is 10.1. The SMILES string of the molecule is CC(C)S(=O)(=O)c1ccc(-c2cnc3c(n2)CCN3)cc1. The van der Waals surface area contributed by atoms with Crippen molar-refractivity contribution >= 4 is 15.7 Å². The van der Waals surface area contributed by atoms with E-state index >= 15 is 0 Å². The van der Waals surface area contributed by atoms with Crippen LogP contribution >= 0.6 is 0 Å². The second kappa shape index (κ2) is 5.11. The molecule has 0 atom stereocenters. The van der Waals surface area contributed by atoms with E-state index in [2.05, 4.69) is 15.3 Å². The topological polar surface area (TPSA) is 72.0 Å². The average molecular weight is 303 g/mol. The molecule has 1 aliphatic heterocycles. The Kier molecular flexibility index (Phi) is 3.41. The van der Waals surface area contributed by atoms with Crippen molar-refractivity contribution in [3.05, 3.63) is 36.2 Å². The Bertz CT molecular complexity index is 768. The van der Waals surface area contributed by atoms with Gasteiger partial charge in [-0.3, -0.25) is 0 Å². The number of fused-ring (bicyclic) bond motifs is 1. The zero-order valence-corrected chi connectivity index (χ0v) is 12.8. The Morgan fingerprint density at radius 1 is 1.19 bits per heavy atom. The van der Waals surface area contributed by atoms with Crippen LogP contribution in [0.25, 0.3) is 11.3 Å². The lowest BCUT2D eigenvalue weighted by Crippen LogP contribution is -2.13. The molecule has 2 aromatic rings. The molecule has 2 heterocycles. The van der Waals surface area contributed by atoms with Gasteiger partial charge in [0, 0.05) is 18.5 Å². The molecule has 110 valence electrons.